The molecule has 8 heteroatoms. The summed E-state index contributed by atoms with van der Waals surface area (Å²) in [7, 11) is 3.25. The third-order valence-electron chi connectivity index (χ3n) is 7.88. The van der Waals surface area contributed by atoms with Crippen molar-refractivity contribution in [1.29, 1.82) is 0 Å². The van der Waals surface area contributed by atoms with E-state index in [4.69, 9.17) is 23.7 Å². The van der Waals surface area contributed by atoms with Gasteiger partial charge in [0.1, 0.15) is 23.9 Å². The fourth-order valence-corrected chi connectivity index (χ4v) is 6.03. The smallest absolute Gasteiger partial charge is 0.336 e. The van der Waals surface area contributed by atoms with Gasteiger partial charge in [0.2, 0.25) is 0 Å². The summed E-state index contributed by atoms with van der Waals surface area (Å²) < 4.78 is 28.5. The number of carbonyl (C=O) groups is 2. The highest BCUT2D eigenvalue weighted by Gasteiger charge is 2.43. The summed E-state index contributed by atoms with van der Waals surface area (Å²) in [6.07, 6.45) is 2.57. The van der Waals surface area contributed by atoms with Gasteiger partial charge in [0.05, 0.1) is 38.4 Å². The molecule has 1 saturated heterocycles. The first-order valence-electron chi connectivity index (χ1n) is 13.9. The predicted molar refractivity (Wildman–Crippen MR) is 150 cm³/mol. The van der Waals surface area contributed by atoms with Crippen LogP contribution in [0.2, 0.25) is 0 Å². The number of benzene rings is 2. The van der Waals surface area contributed by atoms with Gasteiger partial charge in [-0.1, -0.05) is 18.2 Å². The van der Waals surface area contributed by atoms with Crippen LogP contribution in [0.4, 0.5) is 0 Å². The first-order valence-corrected chi connectivity index (χ1v) is 13.9. The number of methoxy groups -OCH3 is 2. The minimum Gasteiger partial charge on any atom is -0.497 e. The van der Waals surface area contributed by atoms with Gasteiger partial charge in [-0.25, -0.2) is 4.79 Å². The van der Waals surface area contributed by atoms with E-state index in [-0.39, 0.29) is 30.8 Å². The number of ketones is 1. The van der Waals surface area contributed by atoms with E-state index in [0.717, 1.165) is 29.7 Å². The Morgan fingerprint density at radius 1 is 1.05 bits per heavy atom. The monoisotopic (exact) mass is 547 g/mol. The lowest BCUT2D eigenvalue weighted by Gasteiger charge is -2.37. The molecule has 212 valence electrons. The van der Waals surface area contributed by atoms with Crippen molar-refractivity contribution in [1.82, 2.24) is 5.32 Å². The highest BCUT2D eigenvalue weighted by molar-refractivity contribution is 6.04. The van der Waals surface area contributed by atoms with E-state index < -0.39 is 11.9 Å². The third-order valence-corrected chi connectivity index (χ3v) is 7.88. The van der Waals surface area contributed by atoms with Crippen molar-refractivity contribution in [2.75, 3.05) is 34.0 Å². The van der Waals surface area contributed by atoms with Crippen LogP contribution in [0.15, 0.2) is 65.0 Å². The second kappa shape index (κ2) is 12.2. The normalized spacial score (nSPS) is 22.5. The second-order valence-corrected chi connectivity index (χ2v) is 10.3. The van der Waals surface area contributed by atoms with Gasteiger partial charge in [-0.3, -0.25) is 4.79 Å². The van der Waals surface area contributed by atoms with Crippen molar-refractivity contribution in [3.63, 3.8) is 0 Å². The van der Waals surface area contributed by atoms with Crippen LogP contribution in [0, 0.1) is 0 Å². The van der Waals surface area contributed by atoms with Gasteiger partial charge in [-0.2, -0.15) is 0 Å². The Morgan fingerprint density at radius 2 is 1.88 bits per heavy atom. The summed E-state index contributed by atoms with van der Waals surface area (Å²) in [6.45, 7) is 5.11. The quantitative estimate of drug-likeness (QED) is 0.429. The van der Waals surface area contributed by atoms with Crippen LogP contribution in [0.3, 0.4) is 0 Å². The summed E-state index contributed by atoms with van der Waals surface area (Å²) in [5.74, 6) is 0.844. The number of nitrogens with one attached hydrogen (secondary N) is 1. The van der Waals surface area contributed by atoms with Crippen LogP contribution < -0.4 is 19.5 Å². The van der Waals surface area contributed by atoms with E-state index in [0.29, 0.717) is 53.7 Å². The molecule has 1 aliphatic carbocycles. The van der Waals surface area contributed by atoms with E-state index in [1.165, 1.54) is 0 Å². The lowest BCUT2D eigenvalue weighted by atomic mass is 9.71. The van der Waals surface area contributed by atoms with Gasteiger partial charge >= 0.3 is 5.97 Å². The first kappa shape index (κ1) is 27.8. The number of carbonyl (C=O) groups excluding carboxylic acids is 2. The van der Waals surface area contributed by atoms with Crippen molar-refractivity contribution in [3.05, 3.63) is 76.1 Å². The fourth-order valence-electron chi connectivity index (χ4n) is 6.03. The van der Waals surface area contributed by atoms with Gasteiger partial charge in [-0.15, -0.1) is 0 Å². The Hall–Kier alpha value is -3.78. The SMILES string of the molecule is CCOc1ccccc1[C@H]1C(C(=O)OC[C@@H]2CCCO2)=C(C)NC2=C1C(=O)C[C@@H](c1cc(OC)ccc1OC)C2. The van der Waals surface area contributed by atoms with Crippen LogP contribution in [0.5, 0.6) is 17.2 Å². The molecule has 1 N–H and O–H groups in total. The van der Waals surface area contributed by atoms with Crippen LogP contribution in [-0.2, 0) is 19.1 Å². The largest absolute Gasteiger partial charge is 0.497 e. The van der Waals surface area contributed by atoms with Gasteiger partial charge in [-0.05, 0) is 57.4 Å². The van der Waals surface area contributed by atoms with E-state index in [2.05, 4.69) is 5.32 Å². The molecule has 0 unspecified atom stereocenters. The van der Waals surface area contributed by atoms with Gasteiger partial charge < -0.3 is 29.0 Å². The van der Waals surface area contributed by atoms with Gasteiger partial charge in [0.25, 0.3) is 0 Å². The minimum atomic E-state index is -0.614. The van der Waals surface area contributed by atoms with Crippen molar-refractivity contribution in [2.24, 2.45) is 0 Å². The first-order chi connectivity index (χ1) is 19.4. The lowest BCUT2D eigenvalue weighted by Crippen LogP contribution is -2.36. The number of hydrogen-bond acceptors (Lipinski definition) is 8. The molecule has 1 fully saturated rings. The van der Waals surface area contributed by atoms with Crippen molar-refractivity contribution in [3.8, 4) is 17.2 Å². The van der Waals surface area contributed by atoms with E-state index >= 15 is 0 Å². The average molecular weight is 548 g/mol. The number of esters is 1. The summed E-state index contributed by atoms with van der Waals surface area (Å²) >= 11 is 0. The Labute approximate surface area is 235 Å². The predicted octanol–water partition coefficient (Wildman–Crippen LogP) is 5.19. The molecule has 3 atom stereocenters. The maximum Gasteiger partial charge on any atom is 0.336 e. The highest BCUT2D eigenvalue weighted by Crippen LogP contribution is 2.49. The Bertz CT molecular complexity index is 1340. The molecule has 2 heterocycles. The lowest BCUT2D eigenvalue weighted by molar-refractivity contribution is -0.142. The molecule has 3 aliphatic rings. The average Bonchev–Trinajstić information content (AvgIpc) is 3.49. The van der Waals surface area contributed by atoms with Gasteiger partial charge in [0.15, 0.2) is 5.78 Å². The molecule has 0 spiro atoms. The fraction of sp³-hybridized carbons (Fsp3) is 0.438. The zero-order valence-electron chi connectivity index (χ0n) is 23.6. The molecule has 2 aromatic rings. The molecule has 2 aliphatic heterocycles. The molecule has 5 rings (SSSR count). The van der Waals surface area contributed by atoms with E-state index in [9.17, 15) is 9.59 Å². The number of hydrogen-bond donors (Lipinski definition) is 1. The van der Waals surface area contributed by atoms with Gasteiger partial charge in [0, 0.05) is 47.0 Å². The topological polar surface area (TPSA) is 92.3 Å². The molecule has 8 nitrogen and oxygen atoms in total. The number of allylic oxidation sites excluding steroid dienone is 3. The number of para-hydroxylation sites is 1. The number of ether oxygens (including phenoxy) is 5. The van der Waals surface area contributed by atoms with E-state index in [1.807, 2.05) is 56.3 Å². The van der Waals surface area contributed by atoms with Crippen molar-refractivity contribution < 1.29 is 33.3 Å². The maximum atomic E-state index is 14.1. The summed E-state index contributed by atoms with van der Waals surface area (Å²) in [5.41, 5.74) is 4.16. The second-order valence-electron chi connectivity index (χ2n) is 10.3. The van der Waals surface area contributed by atoms with Crippen LogP contribution in [0.1, 0.15) is 62.5 Å². The van der Waals surface area contributed by atoms with Crippen LogP contribution in [0.25, 0.3) is 0 Å². The van der Waals surface area contributed by atoms with E-state index in [1.54, 1.807) is 14.2 Å². The maximum absolute atomic E-state index is 14.1. The molecule has 0 amide bonds. The summed E-state index contributed by atoms with van der Waals surface area (Å²) in [4.78, 5) is 27.7. The zero-order valence-corrected chi connectivity index (χ0v) is 23.6. The minimum absolute atomic E-state index is 0.0307. The Morgan fingerprint density at radius 3 is 2.60 bits per heavy atom. The standard InChI is InChI=1S/C32H37NO7/c1-5-38-28-11-7-6-10-23(28)30-29(32(35)40-18-22-9-8-14-39-22)19(2)33-25-15-20(16-26(34)31(25)30)24-17-21(36-3)12-13-27(24)37-4/h6-7,10-13,17,20,22,30,33H,5,8-9,14-16,18H2,1-4H3/t20-,22-,30-/m0/s1. The Balaban J connectivity index is 1.55. The summed E-state index contributed by atoms with van der Waals surface area (Å²) in [6, 6.07) is 13.2. The molecule has 2 aromatic carbocycles. The Kier molecular flexibility index (Phi) is 8.45. The molecule has 0 saturated carbocycles. The third kappa shape index (κ3) is 5.45. The van der Waals surface area contributed by atoms with Crippen LogP contribution in [-0.4, -0.2) is 51.9 Å². The molecule has 0 aromatic heterocycles. The number of Topliss-reactive ketones (excluding diaryl/α,β-unsaturated/α-hetero) is 1. The van der Waals surface area contributed by atoms with Crippen molar-refractivity contribution >= 4 is 11.8 Å². The zero-order chi connectivity index (χ0) is 28.2. The summed E-state index contributed by atoms with van der Waals surface area (Å²) in [5, 5.41) is 3.42. The molecular formula is C32H37NO7. The number of rotatable bonds is 9. The highest BCUT2D eigenvalue weighted by atomic mass is 16.6. The molecule has 0 radical (unpaired) electrons. The van der Waals surface area contributed by atoms with Crippen LogP contribution >= 0.6 is 0 Å². The molecule has 0 bridgehead atoms. The molecule has 40 heavy (non-hydrogen) atoms. The molecular weight excluding hydrogens is 510 g/mol. The number of dihydropyridines is 1. The van der Waals surface area contributed by atoms with Crippen molar-refractivity contribution in [2.45, 2.75) is 57.5 Å².